The lowest BCUT2D eigenvalue weighted by atomic mass is 10.2. The fourth-order valence-corrected chi connectivity index (χ4v) is 1.51. The Balaban J connectivity index is 2.30. The van der Waals surface area contributed by atoms with Crippen molar-refractivity contribution in [3.63, 3.8) is 0 Å². The molecule has 1 aromatic rings. The second-order valence-corrected chi connectivity index (χ2v) is 4.57. The predicted molar refractivity (Wildman–Crippen MR) is 75.7 cm³/mol. The Kier molecular flexibility index (Phi) is 5.53. The van der Waals surface area contributed by atoms with Gasteiger partial charge in [0.2, 0.25) is 0 Å². The molecule has 0 saturated carbocycles. The number of anilines is 1. The molecule has 0 unspecified atom stereocenters. The Bertz CT molecular complexity index is 344. The van der Waals surface area contributed by atoms with Gasteiger partial charge in [-0.25, -0.2) is 0 Å². The molecule has 3 heteroatoms. The van der Waals surface area contributed by atoms with E-state index in [1.807, 2.05) is 6.07 Å². The van der Waals surface area contributed by atoms with Crippen molar-refractivity contribution in [2.75, 3.05) is 25.0 Å². The van der Waals surface area contributed by atoms with Crippen LogP contribution in [0.3, 0.4) is 0 Å². The summed E-state index contributed by atoms with van der Waals surface area (Å²) in [6.07, 6.45) is 1.03. The molecule has 0 bridgehead atoms. The standard InChI is InChI=1S/C14H23N3/c1-12(2)14(15)16-10-7-11-17(3)13-8-5-4-6-9-13/h4-6,8-9,12H,7,10-11H2,1-3H3,(H2,15,16). The molecule has 0 radical (unpaired) electrons. The zero-order valence-electron chi connectivity index (χ0n) is 11.1. The van der Waals surface area contributed by atoms with E-state index in [1.54, 1.807) is 0 Å². The van der Waals surface area contributed by atoms with E-state index < -0.39 is 0 Å². The molecule has 0 aliphatic heterocycles. The van der Waals surface area contributed by atoms with E-state index in [4.69, 9.17) is 5.73 Å². The molecular formula is C14H23N3. The maximum absolute atomic E-state index is 5.78. The van der Waals surface area contributed by atoms with E-state index in [0.29, 0.717) is 5.92 Å². The van der Waals surface area contributed by atoms with E-state index in [2.05, 4.69) is 55.1 Å². The maximum atomic E-state index is 5.78. The van der Waals surface area contributed by atoms with Gasteiger partial charge in [-0.2, -0.15) is 0 Å². The highest BCUT2D eigenvalue weighted by Crippen LogP contribution is 2.10. The molecule has 0 aliphatic rings. The third-order valence-electron chi connectivity index (χ3n) is 2.73. The van der Waals surface area contributed by atoms with Crippen LogP contribution in [0.1, 0.15) is 20.3 Å². The summed E-state index contributed by atoms with van der Waals surface area (Å²) in [7, 11) is 2.10. The molecule has 0 spiro atoms. The van der Waals surface area contributed by atoms with Crippen LogP contribution in [0.25, 0.3) is 0 Å². The van der Waals surface area contributed by atoms with Crippen LogP contribution in [0.15, 0.2) is 35.3 Å². The summed E-state index contributed by atoms with van der Waals surface area (Å²) in [5.41, 5.74) is 7.02. The minimum absolute atomic E-state index is 0.349. The summed E-state index contributed by atoms with van der Waals surface area (Å²) in [5.74, 6) is 1.11. The SMILES string of the molecule is CC(C)C(N)=NCCCN(C)c1ccccc1. The molecule has 0 atom stereocenters. The summed E-state index contributed by atoms with van der Waals surface area (Å²) in [4.78, 5) is 6.59. The number of rotatable bonds is 6. The quantitative estimate of drug-likeness (QED) is 0.466. The van der Waals surface area contributed by atoms with Crippen molar-refractivity contribution < 1.29 is 0 Å². The van der Waals surface area contributed by atoms with Crippen LogP contribution < -0.4 is 10.6 Å². The number of hydrogen-bond acceptors (Lipinski definition) is 2. The van der Waals surface area contributed by atoms with Crippen molar-refractivity contribution in [2.45, 2.75) is 20.3 Å². The maximum Gasteiger partial charge on any atom is 0.0962 e. The Hall–Kier alpha value is -1.51. The number of hydrogen-bond donors (Lipinski definition) is 1. The molecule has 1 aromatic carbocycles. The zero-order valence-corrected chi connectivity index (χ0v) is 11.1. The normalized spacial score (nSPS) is 11.9. The summed E-state index contributed by atoms with van der Waals surface area (Å²) >= 11 is 0. The first-order valence-electron chi connectivity index (χ1n) is 6.17. The number of nitrogens with zero attached hydrogens (tertiary/aromatic N) is 2. The largest absolute Gasteiger partial charge is 0.387 e. The van der Waals surface area contributed by atoms with Crippen molar-refractivity contribution in [1.29, 1.82) is 0 Å². The van der Waals surface area contributed by atoms with Gasteiger partial charge in [0, 0.05) is 31.7 Å². The van der Waals surface area contributed by atoms with E-state index in [-0.39, 0.29) is 0 Å². The molecule has 3 nitrogen and oxygen atoms in total. The highest BCUT2D eigenvalue weighted by molar-refractivity contribution is 5.82. The van der Waals surface area contributed by atoms with Gasteiger partial charge in [-0.3, -0.25) is 4.99 Å². The fraction of sp³-hybridized carbons (Fsp3) is 0.500. The third kappa shape index (κ3) is 4.89. The molecule has 0 amide bonds. The van der Waals surface area contributed by atoms with Crippen molar-refractivity contribution >= 4 is 11.5 Å². The number of amidine groups is 1. The average Bonchev–Trinajstić information content (AvgIpc) is 2.35. The number of aliphatic imine (C=N–C) groups is 1. The highest BCUT2D eigenvalue weighted by atomic mass is 15.1. The number of nitrogens with two attached hydrogens (primary N) is 1. The molecule has 94 valence electrons. The lowest BCUT2D eigenvalue weighted by molar-refractivity contribution is 0.781. The van der Waals surface area contributed by atoms with Crippen molar-refractivity contribution in [3.05, 3.63) is 30.3 Å². The molecule has 0 aromatic heterocycles. The van der Waals surface area contributed by atoms with Gasteiger partial charge in [0.05, 0.1) is 5.84 Å². The fourth-order valence-electron chi connectivity index (χ4n) is 1.51. The van der Waals surface area contributed by atoms with Gasteiger partial charge in [-0.05, 0) is 18.6 Å². The highest BCUT2D eigenvalue weighted by Gasteiger charge is 2.00. The van der Waals surface area contributed by atoms with Crippen LogP contribution in [0.5, 0.6) is 0 Å². The van der Waals surface area contributed by atoms with E-state index in [1.165, 1.54) is 5.69 Å². The summed E-state index contributed by atoms with van der Waals surface area (Å²) in [6, 6.07) is 10.4. The first-order valence-corrected chi connectivity index (χ1v) is 6.17. The molecule has 0 fully saturated rings. The lowest BCUT2D eigenvalue weighted by Gasteiger charge is -2.18. The third-order valence-corrected chi connectivity index (χ3v) is 2.73. The Labute approximate surface area is 104 Å². The summed E-state index contributed by atoms with van der Waals surface area (Å²) in [6.45, 7) is 5.93. The Morgan fingerprint density at radius 1 is 1.29 bits per heavy atom. The van der Waals surface area contributed by atoms with E-state index in [0.717, 1.165) is 25.3 Å². The van der Waals surface area contributed by atoms with Crippen LogP contribution in [0.4, 0.5) is 5.69 Å². The van der Waals surface area contributed by atoms with Gasteiger partial charge in [0.1, 0.15) is 0 Å². The van der Waals surface area contributed by atoms with Crippen molar-refractivity contribution in [1.82, 2.24) is 0 Å². The van der Waals surface area contributed by atoms with Gasteiger partial charge >= 0.3 is 0 Å². The minimum Gasteiger partial charge on any atom is -0.387 e. The molecule has 17 heavy (non-hydrogen) atoms. The van der Waals surface area contributed by atoms with Crippen LogP contribution in [-0.2, 0) is 0 Å². The lowest BCUT2D eigenvalue weighted by Crippen LogP contribution is -2.21. The zero-order chi connectivity index (χ0) is 12.7. The second-order valence-electron chi connectivity index (χ2n) is 4.57. The van der Waals surface area contributed by atoms with Gasteiger partial charge in [-0.1, -0.05) is 32.0 Å². The Morgan fingerprint density at radius 3 is 2.53 bits per heavy atom. The molecule has 0 heterocycles. The van der Waals surface area contributed by atoms with Gasteiger partial charge in [0.15, 0.2) is 0 Å². The van der Waals surface area contributed by atoms with Gasteiger partial charge < -0.3 is 10.6 Å². The summed E-state index contributed by atoms with van der Waals surface area (Å²) in [5, 5.41) is 0. The molecular weight excluding hydrogens is 210 g/mol. The van der Waals surface area contributed by atoms with Gasteiger partial charge in [0.25, 0.3) is 0 Å². The first kappa shape index (κ1) is 13.6. The molecule has 0 aliphatic carbocycles. The van der Waals surface area contributed by atoms with Crippen LogP contribution in [0, 0.1) is 5.92 Å². The Morgan fingerprint density at radius 2 is 1.94 bits per heavy atom. The number of benzene rings is 1. The van der Waals surface area contributed by atoms with E-state index >= 15 is 0 Å². The van der Waals surface area contributed by atoms with Crippen molar-refractivity contribution in [2.24, 2.45) is 16.6 Å². The smallest absolute Gasteiger partial charge is 0.0962 e. The predicted octanol–water partition coefficient (Wildman–Crippen LogP) is 2.53. The monoisotopic (exact) mass is 233 g/mol. The molecule has 0 saturated heterocycles. The van der Waals surface area contributed by atoms with Crippen LogP contribution in [-0.4, -0.2) is 26.0 Å². The second kappa shape index (κ2) is 6.94. The first-order chi connectivity index (χ1) is 8.11. The topological polar surface area (TPSA) is 41.6 Å². The van der Waals surface area contributed by atoms with Gasteiger partial charge in [-0.15, -0.1) is 0 Å². The average molecular weight is 233 g/mol. The minimum atomic E-state index is 0.349. The number of para-hydroxylation sites is 1. The van der Waals surface area contributed by atoms with Crippen LogP contribution in [0.2, 0.25) is 0 Å². The molecule has 1 rings (SSSR count). The van der Waals surface area contributed by atoms with Crippen LogP contribution >= 0.6 is 0 Å². The van der Waals surface area contributed by atoms with E-state index in [9.17, 15) is 0 Å². The van der Waals surface area contributed by atoms with Crippen molar-refractivity contribution in [3.8, 4) is 0 Å². The molecule has 2 N–H and O–H groups in total. The summed E-state index contributed by atoms with van der Waals surface area (Å²) < 4.78 is 0.